The second kappa shape index (κ2) is 8.20. The maximum absolute atomic E-state index is 12.5. The van der Waals surface area contributed by atoms with Crippen LogP contribution in [0.2, 0.25) is 0 Å². The molecule has 0 spiro atoms. The SMILES string of the molecule is Cc1cc(N)nc(C)c1CNC(=O)c1cn(Cc2ccc(-n3cccn3)cc2)cn1. The fourth-order valence-corrected chi connectivity index (χ4v) is 3.36. The van der Waals surface area contributed by atoms with Crippen molar-refractivity contribution in [1.82, 2.24) is 29.6 Å². The normalized spacial score (nSPS) is 10.9. The molecule has 30 heavy (non-hydrogen) atoms. The van der Waals surface area contributed by atoms with Crippen molar-refractivity contribution in [3.8, 4) is 5.69 Å². The van der Waals surface area contributed by atoms with E-state index in [9.17, 15) is 4.79 Å². The number of nitrogens with zero attached hydrogens (tertiary/aromatic N) is 5. The number of hydrogen-bond acceptors (Lipinski definition) is 5. The Morgan fingerprint density at radius 1 is 1.20 bits per heavy atom. The predicted molar refractivity (Wildman–Crippen MR) is 114 cm³/mol. The highest BCUT2D eigenvalue weighted by atomic mass is 16.1. The zero-order valence-corrected chi connectivity index (χ0v) is 16.9. The van der Waals surface area contributed by atoms with E-state index in [2.05, 4.69) is 20.4 Å². The van der Waals surface area contributed by atoms with Crippen LogP contribution in [0.5, 0.6) is 0 Å². The first-order valence-corrected chi connectivity index (χ1v) is 9.61. The molecule has 0 aliphatic heterocycles. The van der Waals surface area contributed by atoms with Gasteiger partial charge in [0.1, 0.15) is 11.5 Å². The summed E-state index contributed by atoms with van der Waals surface area (Å²) in [5.74, 6) is 0.259. The lowest BCUT2D eigenvalue weighted by atomic mass is 10.1. The van der Waals surface area contributed by atoms with Crippen molar-refractivity contribution in [2.24, 2.45) is 0 Å². The van der Waals surface area contributed by atoms with E-state index in [1.807, 2.05) is 59.6 Å². The smallest absolute Gasteiger partial charge is 0.271 e. The highest BCUT2D eigenvalue weighted by Crippen LogP contribution is 2.15. The molecule has 0 saturated heterocycles. The number of nitrogen functional groups attached to an aromatic ring is 1. The third-order valence-corrected chi connectivity index (χ3v) is 4.94. The van der Waals surface area contributed by atoms with Crippen LogP contribution in [0.1, 0.15) is 32.9 Å². The van der Waals surface area contributed by atoms with Crippen molar-refractivity contribution >= 4 is 11.7 Å². The second-order valence-corrected chi connectivity index (χ2v) is 7.16. The summed E-state index contributed by atoms with van der Waals surface area (Å²) >= 11 is 0. The zero-order valence-electron chi connectivity index (χ0n) is 16.9. The molecule has 8 nitrogen and oxygen atoms in total. The average molecular weight is 401 g/mol. The van der Waals surface area contributed by atoms with Crippen LogP contribution in [0.25, 0.3) is 5.69 Å². The first-order chi connectivity index (χ1) is 14.5. The predicted octanol–water partition coefficient (Wildman–Crippen LogP) is 2.64. The molecular formula is C22H23N7O. The Labute approximate surface area is 174 Å². The van der Waals surface area contributed by atoms with Gasteiger partial charge in [-0.3, -0.25) is 4.79 Å². The van der Waals surface area contributed by atoms with Crippen molar-refractivity contribution in [3.63, 3.8) is 0 Å². The standard InChI is InChI=1S/C22H23N7O/c1-15-10-21(23)27-16(2)19(15)11-24-22(30)20-13-28(14-25-20)12-17-4-6-18(7-5-17)29-9-3-8-26-29/h3-10,13-14H,11-12H2,1-2H3,(H2,23,27)(H,24,30). The summed E-state index contributed by atoms with van der Waals surface area (Å²) in [6.45, 7) is 4.85. The van der Waals surface area contributed by atoms with Gasteiger partial charge in [0.05, 0.1) is 12.0 Å². The summed E-state index contributed by atoms with van der Waals surface area (Å²) in [6.07, 6.45) is 7.06. The topological polar surface area (TPSA) is 104 Å². The van der Waals surface area contributed by atoms with Crippen LogP contribution in [0, 0.1) is 13.8 Å². The summed E-state index contributed by atoms with van der Waals surface area (Å²) in [4.78, 5) is 21.0. The van der Waals surface area contributed by atoms with Gasteiger partial charge in [-0.2, -0.15) is 5.10 Å². The molecule has 0 bridgehead atoms. The Morgan fingerprint density at radius 2 is 2.00 bits per heavy atom. The van der Waals surface area contributed by atoms with Gasteiger partial charge in [0.2, 0.25) is 0 Å². The minimum absolute atomic E-state index is 0.224. The Hall–Kier alpha value is -3.94. The van der Waals surface area contributed by atoms with Gasteiger partial charge in [-0.05, 0) is 54.8 Å². The third kappa shape index (κ3) is 4.22. The largest absolute Gasteiger partial charge is 0.384 e. The van der Waals surface area contributed by atoms with Crippen molar-refractivity contribution in [1.29, 1.82) is 0 Å². The van der Waals surface area contributed by atoms with Gasteiger partial charge < -0.3 is 15.6 Å². The van der Waals surface area contributed by atoms with Crippen LogP contribution < -0.4 is 11.1 Å². The van der Waals surface area contributed by atoms with E-state index in [0.717, 1.165) is 28.1 Å². The number of benzene rings is 1. The van der Waals surface area contributed by atoms with E-state index in [4.69, 9.17) is 5.73 Å². The number of hydrogen-bond donors (Lipinski definition) is 2. The molecule has 0 aliphatic rings. The van der Waals surface area contributed by atoms with E-state index >= 15 is 0 Å². The summed E-state index contributed by atoms with van der Waals surface area (Å²) in [6, 6.07) is 11.8. The van der Waals surface area contributed by atoms with Crippen LogP contribution >= 0.6 is 0 Å². The summed E-state index contributed by atoms with van der Waals surface area (Å²) in [5.41, 5.74) is 11.0. The van der Waals surface area contributed by atoms with Crippen molar-refractivity contribution in [2.45, 2.75) is 26.9 Å². The summed E-state index contributed by atoms with van der Waals surface area (Å²) < 4.78 is 3.70. The van der Waals surface area contributed by atoms with Gasteiger partial charge >= 0.3 is 0 Å². The van der Waals surface area contributed by atoms with E-state index < -0.39 is 0 Å². The quantitative estimate of drug-likeness (QED) is 0.517. The molecule has 8 heteroatoms. The van der Waals surface area contributed by atoms with Crippen molar-refractivity contribution < 1.29 is 4.79 Å². The highest BCUT2D eigenvalue weighted by molar-refractivity contribution is 5.92. The molecule has 0 aliphatic carbocycles. The van der Waals surface area contributed by atoms with Gasteiger partial charge in [0.25, 0.3) is 5.91 Å². The number of nitrogens with two attached hydrogens (primary N) is 1. The van der Waals surface area contributed by atoms with Crippen LogP contribution in [-0.2, 0) is 13.1 Å². The second-order valence-electron chi connectivity index (χ2n) is 7.16. The molecular weight excluding hydrogens is 378 g/mol. The van der Waals surface area contributed by atoms with Crippen LogP contribution in [0.3, 0.4) is 0 Å². The molecule has 0 atom stereocenters. The molecule has 0 unspecified atom stereocenters. The molecule has 0 saturated carbocycles. The van der Waals surface area contributed by atoms with E-state index in [1.165, 1.54) is 0 Å². The first kappa shape index (κ1) is 19.4. The van der Waals surface area contributed by atoms with Gasteiger partial charge in [0, 0.05) is 37.4 Å². The van der Waals surface area contributed by atoms with Crippen LogP contribution in [-0.4, -0.2) is 30.2 Å². The first-order valence-electron chi connectivity index (χ1n) is 9.61. The van der Waals surface area contributed by atoms with Gasteiger partial charge in [-0.15, -0.1) is 0 Å². The Balaban J connectivity index is 1.38. The van der Waals surface area contributed by atoms with E-state index in [0.29, 0.717) is 24.6 Å². The lowest BCUT2D eigenvalue weighted by Gasteiger charge is -2.10. The maximum Gasteiger partial charge on any atom is 0.271 e. The zero-order chi connectivity index (χ0) is 21.1. The van der Waals surface area contributed by atoms with Crippen LogP contribution in [0.15, 0.2) is 61.3 Å². The van der Waals surface area contributed by atoms with E-state index in [-0.39, 0.29) is 5.91 Å². The number of carbonyl (C=O) groups is 1. The number of imidazole rings is 1. The molecule has 152 valence electrons. The fourth-order valence-electron chi connectivity index (χ4n) is 3.36. The summed E-state index contributed by atoms with van der Waals surface area (Å²) in [5, 5.41) is 7.14. The average Bonchev–Trinajstić information content (AvgIpc) is 3.40. The van der Waals surface area contributed by atoms with Gasteiger partial charge in [0.15, 0.2) is 0 Å². The number of rotatable bonds is 6. The molecule has 3 aromatic heterocycles. The minimum atomic E-state index is -0.224. The van der Waals surface area contributed by atoms with Gasteiger partial charge in [-0.1, -0.05) is 12.1 Å². The van der Waals surface area contributed by atoms with Crippen LogP contribution in [0.4, 0.5) is 5.82 Å². The highest BCUT2D eigenvalue weighted by Gasteiger charge is 2.12. The number of nitrogens with one attached hydrogen (secondary N) is 1. The van der Waals surface area contributed by atoms with E-state index in [1.54, 1.807) is 24.8 Å². The summed E-state index contributed by atoms with van der Waals surface area (Å²) in [7, 11) is 0. The lowest BCUT2D eigenvalue weighted by molar-refractivity contribution is 0.0946. The molecule has 1 aromatic carbocycles. The Bertz CT molecular complexity index is 1140. The number of carbonyl (C=O) groups excluding carboxylic acids is 1. The molecule has 3 N–H and O–H groups in total. The van der Waals surface area contributed by atoms with Crippen molar-refractivity contribution in [3.05, 3.63) is 89.4 Å². The number of aryl methyl sites for hydroxylation is 2. The fraction of sp³-hybridized carbons (Fsp3) is 0.182. The molecule has 4 aromatic rings. The lowest BCUT2D eigenvalue weighted by Crippen LogP contribution is -2.24. The maximum atomic E-state index is 12.5. The minimum Gasteiger partial charge on any atom is -0.384 e. The Kier molecular flexibility index (Phi) is 5.30. The number of anilines is 1. The molecule has 0 fully saturated rings. The monoisotopic (exact) mass is 401 g/mol. The van der Waals surface area contributed by atoms with Gasteiger partial charge in [-0.25, -0.2) is 14.6 Å². The number of amides is 1. The van der Waals surface area contributed by atoms with Crippen molar-refractivity contribution in [2.75, 3.05) is 5.73 Å². The third-order valence-electron chi connectivity index (χ3n) is 4.94. The number of aromatic nitrogens is 5. The number of pyridine rings is 1. The molecule has 3 heterocycles. The Morgan fingerprint density at radius 3 is 2.70 bits per heavy atom. The molecule has 0 radical (unpaired) electrons. The molecule has 1 amide bonds. The molecule has 4 rings (SSSR count).